The maximum atomic E-state index is 12.7. The molecule has 168 valence electrons. The van der Waals surface area contributed by atoms with Crippen molar-refractivity contribution in [2.24, 2.45) is 0 Å². The fraction of sp³-hybridized carbons (Fsp3) is 0.136. The molecule has 5 rings (SSSR count). The number of hydrogen-bond acceptors (Lipinski definition) is 4. The Morgan fingerprint density at radius 1 is 1.03 bits per heavy atom. The molecule has 0 unspecified atom stereocenters. The van der Waals surface area contributed by atoms with Crippen LogP contribution in [0.5, 0.6) is 0 Å². The number of hydrogen-bond donors (Lipinski definition) is 1. The van der Waals surface area contributed by atoms with Crippen molar-refractivity contribution in [3.63, 3.8) is 0 Å². The quantitative estimate of drug-likeness (QED) is 0.346. The number of aliphatic hydroxyl groups excluding tert-OH is 1. The molecule has 0 fully saturated rings. The largest absolute Gasteiger partial charge is 0.408 e. The maximum absolute atomic E-state index is 12.7. The van der Waals surface area contributed by atoms with Crippen LogP contribution in [0.1, 0.15) is 5.69 Å². The third kappa shape index (κ3) is 3.92. The summed E-state index contributed by atoms with van der Waals surface area (Å²) in [5, 5.41) is 15.3. The van der Waals surface area contributed by atoms with Crippen molar-refractivity contribution in [3.8, 4) is 22.4 Å². The molecule has 4 heterocycles. The lowest BCUT2D eigenvalue weighted by molar-refractivity contribution is -0.142. The summed E-state index contributed by atoms with van der Waals surface area (Å²) >= 11 is 12.8. The zero-order chi connectivity index (χ0) is 23.3. The van der Waals surface area contributed by atoms with Gasteiger partial charge in [0.1, 0.15) is 12.2 Å². The van der Waals surface area contributed by atoms with Crippen LogP contribution in [-0.4, -0.2) is 35.4 Å². The Hall–Kier alpha value is -3.14. The van der Waals surface area contributed by atoms with Crippen LogP contribution in [0.4, 0.5) is 13.2 Å². The molecule has 0 amide bonds. The van der Waals surface area contributed by atoms with Crippen LogP contribution in [-0.2, 0) is 13.2 Å². The number of aliphatic hydroxyl groups is 1. The van der Waals surface area contributed by atoms with Crippen LogP contribution in [0.2, 0.25) is 10.0 Å². The molecular weight excluding hydrogens is 478 g/mol. The van der Waals surface area contributed by atoms with E-state index in [2.05, 4.69) is 10.1 Å². The average molecular weight is 492 g/mol. The minimum absolute atomic E-state index is 0.319. The molecule has 0 aliphatic rings. The number of aromatic nitrogens is 5. The van der Waals surface area contributed by atoms with Gasteiger partial charge in [-0.15, -0.1) is 0 Å². The van der Waals surface area contributed by atoms with Crippen LogP contribution in [0.25, 0.3) is 38.9 Å². The third-order valence-corrected chi connectivity index (χ3v) is 5.84. The number of imidazole rings is 1. The van der Waals surface area contributed by atoms with Gasteiger partial charge in [-0.1, -0.05) is 29.3 Å². The second kappa shape index (κ2) is 8.02. The Morgan fingerprint density at radius 2 is 1.79 bits per heavy atom. The molecule has 1 aromatic carbocycles. The SMILES string of the molecule is OCc1c(-c2c(Cl)cccc2Cl)nc2c3cc(-c4cnn(CC(F)(F)F)c4)cnc3ccn12. The molecule has 4 aromatic heterocycles. The number of fused-ring (bicyclic) bond motifs is 3. The first kappa shape index (κ1) is 21.7. The zero-order valence-corrected chi connectivity index (χ0v) is 18.2. The first-order chi connectivity index (χ1) is 15.7. The summed E-state index contributed by atoms with van der Waals surface area (Å²) < 4.78 is 40.6. The molecule has 6 nitrogen and oxygen atoms in total. The first-order valence-electron chi connectivity index (χ1n) is 9.69. The van der Waals surface area contributed by atoms with Crippen LogP contribution < -0.4 is 0 Å². The Balaban J connectivity index is 1.69. The number of benzene rings is 1. The van der Waals surface area contributed by atoms with E-state index < -0.39 is 12.7 Å². The molecular formula is C22H14Cl2F3N5O. The van der Waals surface area contributed by atoms with Crippen molar-refractivity contribution in [2.45, 2.75) is 19.3 Å². The molecule has 0 atom stereocenters. The summed E-state index contributed by atoms with van der Waals surface area (Å²) in [6, 6.07) is 8.62. The van der Waals surface area contributed by atoms with E-state index in [1.165, 1.54) is 12.4 Å². The number of alkyl halides is 3. The van der Waals surface area contributed by atoms with Crippen molar-refractivity contribution < 1.29 is 18.3 Å². The highest BCUT2D eigenvalue weighted by atomic mass is 35.5. The maximum Gasteiger partial charge on any atom is 0.408 e. The number of rotatable bonds is 4. The Bertz CT molecular complexity index is 1490. The van der Waals surface area contributed by atoms with Gasteiger partial charge in [0.2, 0.25) is 0 Å². The monoisotopic (exact) mass is 491 g/mol. The molecule has 0 radical (unpaired) electrons. The lowest BCUT2D eigenvalue weighted by Gasteiger charge is -2.06. The summed E-state index contributed by atoms with van der Waals surface area (Å²) in [5.41, 5.74) is 3.61. The highest BCUT2D eigenvalue weighted by Crippen LogP contribution is 2.37. The molecule has 0 saturated carbocycles. The lowest BCUT2D eigenvalue weighted by atomic mass is 10.1. The van der Waals surface area contributed by atoms with Crippen molar-refractivity contribution in [1.29, 1.82) is 0 Å². The van der Waals surface area contributed by atoms with Gasteiger partial charge in [0.25, 0.3) is 0 Å². The van der Waals surface area contributed by atoms with Gasteiger partial charge in [0.05, 0.1) is 39.8 Å². The summed E-state index contributed by atoms with van der Waals surface area (Å²) in [6.07, 6.45) is 1.60. The average Bonchev–Trinajstić information content (AvgIpc) is 3.36. The van der Waals surface area contributed by atoms with Crippen molar-refractivity contribution in [1.82, 2.24) is 24.1 Å². The second-order valence-corrected chi connectivity index (χ2v) is 8.18. The summed E-state index contributed by atoms with van der Waals surface area (Å²) in [4.78, 5) is 9.15. The molecule has 0 aliphatic carbocycles. The molecule has 1 N–H and O–H groups in total. The van der Waals surface area contributed by atoms with Crippen LogP contribution in [0.3, 0.4) is 0 Å². The highest BCUT2D eigenvalue weighted by Gasteiger charge is 2.28. The van der Waals surface area contributed by atoms with Crippen LogP contribution in [0, 0.1) is 0 Å². The van der Waals surface area contributed by atoms with E-state index in [9.17, 15) is 18.3 Å². The van der Waals surface area contributed by atoms with Gasteiger partial charge in [-0.25, -0.2) is 4.98 Å². The van der Waals surface area contributed by atoms with Crippen molar-refractivity contribution in [3.05, 3.63) is 70.9 Å². The van der Waals surface area contributed by atoms with Crippen LogP contribution in [0.15, 0.2) is 55.1 Å². The normalized spacial score (nSPS) is 12.2. The van der Waals surface area contributed by atoms with E-state index >= 15 is 0 Å². The number of nitrogens with zero attached hydrogens (tertiary/aromatic N) is 5. The van der Waals surface area contributed by atoms with Gasteiger partial charge >= 0.3 is 6.18 Å². The highest BCUT2D eigenvalue weighted by molar-refractivity contribution is 6.39. The molecule has 0 aliphatic heterocycles. The van der Waals surface area contributed by atoms with Gasteiger partial charge in [0.15, 0.2) is 0 Å². The fourth-order valence-corrected chi connectivity index (χ4v) is 4.34. The van der Waals surface area contributed by atoms with E-state index in [0.29, 0.717) is 54.7 Å². The van der Waals surface area contributed by atoms with E-state index in [0.717, 1.165) is 4.68 Å². The topological polar surface area (TPSA) is 68.2 Å². The van der Waals surface area contributed by atoms with Crippen molar-refractivity contribution >= 4 is 39.8 Å². The first-order valence-corrected chi connectivity index (χ1v) is 10.5. The predicted molar refractivity (Wildman–Crippen MR) is 119 cm³/mol. The standard InChI is InChI=1S/C22H14Cl2F3N5O/c23-15-2-1-3-16(24)19(15)20-18(10-33)32-5-4-17-14(21(32)30-20)6-12(7-28-17)13-8-29-31(9-13)11-22(25,26)27/h1-9,33H,10-11H2. The molecule has 33 heavy (non-hydrogen) atoms. The minimum Gasteiger partial charge on any atom is -0.390 e. The summed E-state index contributed by atoms with van der Waals surface area (Å²) in [5.74, 6) is 0. The van der Waals surface area contributed by atoms with Gasteiger partial charge in [-0.2, -0.15) is 18.3 Å². The second-order valence-electron chi connectivity index (χ2n) is 7.37. The van der Waals surface area contributed by atoms with Gasteiger partial charge in [-0.3, -0.25) is 9.67 Å². The molecule has 11 heteroatoms. The third-order valence-electron chi connectivity index (χ3n) is 5.21. The molecule has 5 aromatic rings. The zero-order valence-electron chi connectivity index (χ0n) is 16.7. The summed E-state index contributed by atoms with van der Waals surface area (Å²) in [6.45, 7) is -1.50. The molecule has 0 spiro atoms. The molecule has 0 bridgehead atoms. The van der Waals surface area contributed by atoms with Gasteiger partial charge in [-0.05, 0) is 24.3 Å². The van der Waals surface area contributed by atoms with Crippen LogP contribution >= 0.6 is 23.2 Å². The Morgan fingerprint density at radius 3 is 2.48 bits per heavy atom. The van der Waals surface area contributed by atoms with Gasteiger partial charge in [0, 0.05) is 40.7 Å². The van der Waals surface area contributed by atoms with E-state index in [4.69, 9.17) is 28.2 Å². The number of pyridine rings is 2. The fourth-order valence-electron chi connectivity index (χ4n) is 3.77. The van der Waals surface area contributed by atoms with E-state index in [-0.39, 0.29) is 6.61 Å². The van der Waals surface area contributed by atoms with E-state index in [1.54, 1.807) is 47.1 Å². The smallest absolute Gasteiger partial charge is 0.390 e. The predicted octanol–water partition coefficient (Wildman–Crippen LogP) is 5.77. The minimum atomic E-state index is -4.37. The number of halogens is 5. The van der Waals surface area contributed by atoms with E-state index in [1.807, 2.05) is 0 Å². The summed E-state index contributed by atoms with van der Waals surface area (Å²) in [7, 11) is 0. The Labute approximate surface area is 194 Å². The van der Waals surface area contributed by atoms with Crippen molar-refractivity contribution in [2.75, 3.05) is 0 Å². The van der Waals surface area contributed by atoms with Gasteiger partial charge < -0.3 is 9.51 Å². The Kier molecular flexibility index (Phi) is 5.27. The molecule has 0 saturated heterocycles. The lowest BCUT2D eigenvalue weighted by Crippen LogP contribution is -2.17.